The van der Waals surface area contributed by atoms with Gasteiger partial charge in [-0.2, -0.15) is 8.42 Å². The van der Waals surface area contributed by atoms with Gasteiger partial charge in [-0.05, 0) is 24.0 Å². The van der Waals surface area contributed by atoms with Crippen LogP contribution < -0.4 is 4.72 Å². The van der Waals surface area contributed by atoms with Gasteiger partial charge in [-0.25, -0.2) is 4.72 Å². The lowest BCUT2D eigenvalue weighted by Gasteiger charge is -1.99. The van der Waals surface area contributed by atoms with E-state index in [-0.39, 0.29) is 5.69 Å². The number of carbonyl (C=O) groups excluding carboxylic acids is 1. The summed E-state index contributed by atoms with van der Waals surface area (Å²) in [6.45, 7) is 0. The minimum Gasteiger partial charge on any atom is -0.266 e. The van der Waals surface area contributed by atoms with Crippen molar-refractivity contribution in [3.63, 3.8) is 0 Å². The predicted octanol–water partition coefficient (Wildman–Crippen LogP) is -0.261. The summed E-state index contributed by atoms with van der Waals surface area (Å²) < 4.78 is 24.4. The van der Waals surface area contributed by atoms with E-state index in [9.17, 15) is 13.2 Å². The van der Waals surface area contributed by atoms with Gasteiger partial charge in [0, 0.05) is 18.0 Å². The second-order valence-corrected chi connectivity index (χ2v) is 4.19. The normalized spacial score (nSPS) is 8.83. The van der Waals surface area contributed by atoms with Crippen LogP contribution in [0, 0.1) is 35.4 Å². The number of hydrogen-bond acceptors (Lipinski definition) is 4. The molecule has 0 atom stereocenters. The molecule has 18 heavy (non-hydrogen) atoms. The first-order valence-corrected chi connectivity index (χ1v) is 5.99. The summed E-state index contributed by atoms with van der Waals surface area (Å²) in [4.78, 5) is 15.2. The van der Waals surface area contributed by atoms with Crippen LogP contribution in [0.1, 0.15) is 10.5 Å². The molecule has 1 aromatic rings. The second-order valence-electron chi connectivity index (χ2n) is 2.77. The van der Waals surface area contributed by atoms with Crippen LogP contribution in [0.15, 0.2) is 24.4 Å². The molecule has 88 valence electrons. The summed E-state index contributed by atoms with van der Waals surface area (Å²) in [7, 11) is -4.08. The number of pyridine rings is 1. The summed E-state index contributed by atoms with van der Waals surface area (Å²) in [5.74, 6) is 7.34. The van der Waals surface area contributed by atoms with E-state index in [0.717, 1.165) is 0 Å². The molecule has 0 saturated heterocycles. The molecular weight excluding hydrogens is 252 g/mol. The molecule has 0 fully saturated rings. The monoisotopic (exact) mass is 258 g/mol. The summed E-state index contributed by atoms with van der Waals surface area (Å²) in [5.41, 5.74) is -0.0300. The van der Waals surface area contributed by atoms with Gasteiger partial charge in [-0.15, -0.1) is 6.42 Å². The van der Waals surface area contributed by atoms with Crippen molar-refractivity contribution in [2.75, 3.05) is 0 Å². The fourth-order valence-electron chi connectivity index (χ4n) is 0.857. The molecule has 0 spiro atoms. The zero-order valence-electron chi connectivity index (χ0n) is 8.97. The molecule has 0 saturated carbocycles. The highest BCUT2D eigenvalue weighted by molar-refractivity contribution is 7.94. The van der Waals surface area contributed by atoms with Crippen LogP contribution >= 0.6 is 0 Å². The molecule has 1 rings (SSSR count). The Morgan fingerprint density at radius 2 is 2.06 bits per heavy atom. The maximum Gasteiger partial charge on any atom is 0.305 e. The van der Waals surface area contributed by atoms with Crippen molar-refractivity contribution in [1.29, 1.82) is 0 Å². The predicted molar refractivity (Wildman–Crippen MR) is 65.0 cm³/mol. The van der Waals surface area contributed by atoms with Gasteiger partial charge in [-0.3, -0.25) is 9.78 Å². The van der Waals surface area contributed by atoms with Crippen molar-refractivity contribution in [3.05, 3.63) is 30.1 Å². The Morgan fingerprint density at radius 1 is 1.28 bits per heavy atom. The standard InChI is InChI=1S/C12H6N2O3S/c1-2-3-4-7-10-18(16,17)14-12(15)11-8-5-6-9-13-11/h1,5-6,8-9H,(H,14,15). The summed E-state index contributed by atoms with van der Waals surface area (Å²) in [6.07, 6.45) is 6.18. The van der Waals surface area contributed by atoms with Crippen LogP contribution in [0.2, 0.25) is 0 Å². The van der Waals surface area contributed by atoms with E-state index in [4.69, 9.17) is 6.42 Å². The number of carbonyl (C=O) groups is 1. The average Bonchev–Trinajstić information content (AvgIpc) is 2.35. The van der Waals surface area contributed by atoms with E-state index in [1.807, 2.05) is 11.8 Å². The molecule has 0 unspecified atom stereocenters. The molecular formula is C12H6N2O3S. The summed E-state index contributed by atoms with van der Waals surface area (Å²) in [6, 6.07) is 4.52. The molecule has 0 aliphatic rings. The SMILES string of the molecule is C#CC#CC#CS(=O)(=O)NC(=O)c1ccccn1. The Morgan fingerprint density at radius 3 is 2.67 bits per heavy atom. The fourth-order valence-corrected chi connectivity index (χ4v) is 1.44. The highest BCUT2D eigenvalue weighted by Gasteiger charge is 2.13. The van der Waals surface area contributed by atoms with E-state index in [1.54, 1.807) is 22.1 Å². The molecule has 0 radical (unpaired) electrons. The Labute approximate surface area is 105 Å². The van der Waals surface area contributed by atoms with E-state index < -0.39 is 15.9 Å². The van der Waals surface area contributed by atoms with E-state index >= 15 is 0 Å². The van der Waals surface area contributed by atoms with Gasteiger partial charge in [0.1, 0.15) is 5.69 Å². The Kier molecular flexibility index (Phi) is 4.51. The third-order valence-corrected chi connectivity index (χ3v) is 2.33. The number of terminal acetylenes is 1. The number of rotatable bonds is 2. The van der Waals surface area contributed by atoms with Gasteiger partial charge < -0.3 is 0 Å². The highest BCUT2D eigenvalue weighted by Crippen LogP contribution is 1.94. The first kappa shape index (κ1) is 13.3. The highest BCUT2D eigenvalue weighted by atomic mass is 32.2. The van der Waals surface area contributed by atoms with Gasteiger partial charge >= 0.3 is 10.0 Å². The van der Waals surface area contributed by atoms with Crippen LogP contribution in [0.5, 0.6) is 0 Å². The lowest BCUT2D eigenvalue weighted by atomic mass is 10.3. The molecule has 1 aromatic heterocycles. The van der Waals surface area contributed by atoms with Crippen molar-refractivity contribution in [2.45, 2.75) is 0 Å². The quantitative estimate of drug-likeness (QED) is 0.741. The molecule has 0 aliphatic carbocycles. The molecule has 6 heteroatoms. The molecule has 0 aliphatic heterocycles. The molecule has 0 aromatic carbocycles. The van der Waals surface area contributed by atoms with Gasteiger partial charge in [0.15, 0.2) is 0 Å². The maximum absolute atomic E-state index is 11.5. The molecule has 1 N–H and O–H groups in total. The molecule has 5 nitrogen and oxygen atoms in total. The Hall–Kier alpha value is -2.75. The topological polar surface area (TPSA) is 76.1 Å². The Balaban J connectivity index is 2.82. The summed E-state index contributed by atoms with van der Waals surface area (Å²) >= 11 is 0. The number of aromatic nitrogens is 1. The van der Waals surface area contributed by atoms with Gasteiger partial charge in [0.05, 0.1) is 5.25 Å². The van der Waals surface area contributed by atoms with Crippen molar-refractivity contribution >= 4 is 15.9 Å². The fraction of sp³-hybridized carbons (Fsp3) is 0. The van der Waals surface area contributed by atoms with E-state index in [1.165, 1.54) is 12.3 Å². The number of hydrogen-bond donors (Lipinski definition) is 1. The van der Waals surface area contributed by atoms with Crippen LogP contribution in [-0.2, 0) is 10.0 Å². The largest absolute Gasteiger partial charge is 0.305 e. The van der Waals surface area contributed by atoms with Crippen LogP contribution in [-0.4, -0.2) is 19.3 Å². The lowest BCUT2D eigenvalue weighted by molar-refractivity contribution is 0.0977. The number of sulfonamides is 1. The third-order valence-electron chi connectivity index (χ3n) is 1.51. The maximum atomic E-state index is 11.5. The van der Waals surface area contributed by atoms with Crippen LogP contribution in [0.3, 0.4) is 0 Å². The second kappa shape index (κ2) is 6.10. The van der Waals surface area contributed by atoms with Crippen molar-refractivity contribution < 1.29 is 13.2 Å². The minimum atomic E-state index is -4.08. The van der Waals surface area contributed by atoms with Crippen LogP contribution in [0.4, 0.5) is 0 Å². The first-order valence-electron chi connectivity index (χ1n) is 4.50. The molecule has 1 heterocycles. The average molecular weight is 258 g/mol. The first-order chi connectivity index (χ1) is 8.55. The number of amides is 1. The van der Waals surface area contributed by atoms with Crippen LogP contribution in [0.25, 0.3) is 0 Å². The van der Waals surface area contributed by atoms with Crippen molar-refractivity contribution in [3.8, 4) is 35.4 Å². The van der Waals surface area contributed by atoms with E-state index in [2.05, 4.69) is 16.8 Å². The van der Waals surface area contributed by atoms with Gasteiger partial charge in [0.25, 0.3) is 5.91 Å². The molecule has 0 bridgehead atoms. The molecule has 1 amide bonds. The zero-order chi connectivity index (χ0) is 13.4. The lowest BCUT2D eigenvalue weighted by Crippen LogP contribution is -2.29. The summed E-state index contributed by atoms with van der Waals surface area (Å²) in [5, 5.41) is 1.79. The van der Waals surface area contributed by atoms with E-state index in [0.29, 0.717) is 0 Å². The van der Waals surface area contributed by atoms with Gasteiger partial charge in [-0.1, -0.05) is 6.07 Å². The Bertz CT molecular complexity index is 708. The van der Waals surface area contributed by atoms with Crippen molar-refractivity contribution in [1.82, 2.24) is 9.71 Å². The van der Waals surface area contributed by atoms with Crippen molar-refractivity contribution in [2.24, 2.45) is 0 Å². The number of nitrogens with zero attached hydrogens (tertiary/aromatic N) is 1. The minimum absolute atomic E-state index is 0.0300. The zero-order valence-corrected chi connectivity index (χ0v) is 9.78. The smallest absolute Gasteiger partial charge is 0.266 e. The van der Waals surface area contributed by atoms with Gasteiger partial charge in [0.2, 0.25) is 0 Å². The number of nitrogens with one attached hydrogen (secondary N) is 1. The third kappa shape index (κ3) is 4.40.